The SMILES string of the molecule is O=C(C[C@H]1CCS(=O)(=O)C1)OCc1nnc(-c2ccccc2)o1. The van der Waals surface area contributed by atoms with Crippen LogP contribution in [0, 0.1) is 5.92 Å². The molecular weight excluding hydrogens is 320 g/mol. The number of carbonyl (C=O) groups excluding carboxylic acids is 1. The number of benzene rings is 1. The minimum absolute atomic E-state index is 0.0564. The van der Waals surface area contributed by atoms with Crippen LogP contribution in [0.4, 0.5) is 0 Å². The molecule has 2 heterocycles. The van der Waals surface area contributed by atoms with Crippen molar-refractivity contribution in [3.8, 4) is 11.5 Å². The molecule has 0 radical (unpaired) electrons. The number of hydrogen-bond acceptors (Lipinski definition) is 7. The third-order valence-electron chi connectivity index (χ3n) is 3.63. The molecule has 0 unspecified atom stereocenters. The van der Waals surface area contributed by atoms with Gasteiger partial charge in [-0.1, -0.05) is 18.2 Å². The summed E-state index contributed by atoms with van der Waals surface area (Å²) in [6.07, 6.45) is 0.606. The van der Waals surface area contributed by atoms with E-state index >= 15 is 0 Å². The van der Waals surface area contributed by atoms with Gasteiger partial charge in [0.1, 0.15) is 0 Å². The largest absolute Gasteiger partial charge is 0.456 e. The standard InChI is InChI=1S/C15H16N2O5S/c18-14(8-11-6-7-23(19,20)10-11)21-9-13-16-17-15(22-13)12-4-2-1-3-5-12/h1-5,11H,6-10H2/t11-/m1/s1. The fourth-order valence-electron chi connectivity index (χ4n) is 2.48. The van der Waals surface area contributed by atoms with E-state index in [4.69, 9.17) is 9.15 Å². The zero-order valence-electron chi connectivity index (χ0n) is 12.3. The van der Waals surface area contributed by atoms with Crippen LogP contribution in [0.5, 0.6) is 0 Å². The molecule has 122 valence electrons. The van der Waals surface area contributed by atoms with E-state index in [0.29, 0.717) is 12.3 Å². The highest BCUT2D eigenvalue weighted by Crippen LogP contribution is 2.22. The van der Waals surface area contributed by atoms with Crippen LogP contribution < -0.4 is 0 Å². The summed E-state index contributed by atoms with van der Waals surface area (Å²) in [5.74, 6) is 0.159. The van der Waals surface area contributed by atoms with Crippen molar-refractivity contribution in [2.24, 2.45) is 5.92 Å². The Morgan fingerprint density at radius 3 is 2.74 bits per heavy atom. The van der Waals surface area contributed by atoms with Crippen LogP contribution in [-0.4, -0.2) is 36.1 Å². The van der Waals surface area contributed by atoms with Crippen molar-refractivity contribution in [2.75, 3.05) is 11.5 Å². The number of aromatic nitrogens is 2. The molecule has 1 aliphatic heterocycles. The normalized spacial score (nSPS) is 19.6. The van der Waals surface area contributed by atoms with Crippen molar-refractivity contribution in [2.45, 2.75) is 19.4 Å². The molecule has 2 aromatic rings. The Morgan fingerprint density at radius 1 is 1.26 bits per heavy atom. The number of nitrogens with zero attached hydrogens (tertiary/aromatic N) is 2. The number of ether oxygens (including phenoxy) is 1. The molecule has 7 nitrogen and oxygen atoms in total. The quantitative estimate of drug-likeness (QED) is 0.765. The highest BCUT2D eigenvalue weighted by Gasteiger charge is 2.29. The molecule has 8 heteroatoms. The summed E-state index contributed by atoms with van der Waals surface area (Å²) in [5.41, 5.74) is 0.786. The monoisotopic (exact) mass is 336 g/mol. The maximum absolute atomic E-state index is 11.8. The first-order valence-corrected chi connectivity index (χ1v) is 9.08. The third kappa shape index (κ3) is 4.16. The molecule has 0 saturated carbocycles. The van der Waals surface area contributed by atoms with E-state index in [1.165, 1.54) is 0 Å². The van der Waals surface area contributed by atoms with Crippen LogP contribution in [0.1, 0.15) is 18.7 Å². The lowest BCUT2D eigenvalue weighted by molar-refractivity contribution is -0.146. The smallest absolute Gasteiger partial charge is 0.306 e. The molecule has 1 aromatic carbocycles. The lowest BCUT2D eigenvalue weighted by Crippen LogP contribution is -2.13. The average Bonchev–Trinajstić information content (AvgIpc) is 3.13. The van der Waals surface area contributed by atoms with E-state index in [1.54, 1.807) is 0 Å². The molecule has 0 aliphatic carbocycles. The molecule has 1 aliphatic rings. The first kappa shape index (κ1) is 15.7. The van der Waals surface area contributed by atoms with Crippen molar-refractivity contribution in [3.05, 3.63) is 36.2 Å². The molecule has 0 amide bonds. The maximum atomic E-state index is 11.8. The maximum Gasteiger partial charge on any atom is 0.306 e. The summed E-state index contributed by atoms with van der Waals surface area (Å²) in [6.45, 7) is -0.113. The van der Waals surface area contributed by atoms with E-state index in [2.05, 4.69) is 10.2 Å². The number of hydrogen-bond donors (Lipinski definition) is 0. The van der Waals surface area contributed by atoms with Crippen LogP contribution in [0.15, 0.2) is 34.7 Å². The van der Waals surface area contributed by atoms with Gasteiger partial charge in [0, 0.05) is 12.0 Å². The summed E-state index contributed by atoms with van der Waals surface area (Å²) < 4.78 is 33.2. The summed E-state index contributed by atoms with van der Waals surface area (Å²) in [5, 5.41) is 7.73. The lowest BCUT2D eigenvalue weighted by Gasteiger charge is -2.06. The number of carbonyl (C=O) groups is 1. The number of rotatable bonds is 5. The van der Waals surface area contributed by atoms with E-state index in [1.807, 2.05) is 30.3 Å². The minimum Gasteiger partial charge on any atom is -0.456 e. The second-order valence-corrected chi connectivity index (χ2v) is 7.73. The van der Waals surface area contributed by atoms with Gasteiger partial charge in [0.25, 0.3) is 5.89 Å². The zero-order chi connectivity index (χ0) is 16.3. The van der Waals surface area contributed by atoms with E-state index in [9.17, 15) is 13.2 Å². The van der Waals surface area contributed by atoms with Gasteiger partial charge in [-0.2, -0.15) is 0 Å². The summed E-state index contributed by atoms with van der Waals surface area (Å²) in [7, 11) is -2.98. The van der Waals surface area contributed by atoms with Gasteiger partial charge in [0.05, 0.1) is 11.5 Å². The fraction of sp³-hybridized carbons (Fsp3) is 0.400. The number of esters is 1. The zero-order valence-corrected chi connectivity index (χ0v) is 13.2. The first-order valence-electron chi connectivity index (χ1n) is 7.26. The van der Waals surface area contributed by atoms with E-state index in [-0.39, 0.29) is 36.3 Å². The van der Waals surface area contributed by atoms with Crippen LogP contribution in [0.2, 0.25) is 0 Å². The van der Waals surface area contributed by atoms with Gasteiger partial charge in [-0.3, -0.25) is 4.79 Å². The molecule has 1 atom stereocenters. The predicted octanol–water partition coefficient (Wildman–Crippen LogP) is 1.60. The van der Waals surface area contributed by atoms with Gasteiger partial charge in [-0.25, -0.2) is 8.42 Å². The molecule has 0 N–H and O–H groups in total. The summed E-state index contributed by atoms with van der Waals surface area (Å²) >= 11 is 0. The van der Waals surface area contributed by atoms with Crippen molar-refractivity contribution in [1.29, 1.82) is 0 Å². The summed E-state index contributed by atoms with van der Waals surface area (Å²) in [6, 6.07) is 9.27. The topological polar surface area (TPSA) is 99.4 Å². The minimum atomic E-state index is -2.98. The van der Waals surface area contributed by atoms with Crippen LogP contribution in [0.3, 0.4) is 0 Å². The Bertz CT molecular complexity index is 785. The molecule has 1 aromatic heterocycles. The molecular formula is C15H16N2O5S. The van der Waals surface area contributed by atoms with Crippen LogP contribution in [-0.2, 0) is 26.0 Å². The van der Waals surface area contributed by atoms with Gasteiger partial charge in [0.2, 0.25) is 5.89 Å². The van der Waals surface area contributed by atoms with Crippen LogP contribution in [0.25, 0.3) is 11.5 Å². The Kier molecular flexibility index (Phi) is 4.42. The van der Waals surface area contributed by atoms with Gasteiger partial charge in [-0.05, 0) is 24.5 Å². The lowest BCUT2D eigenvalue weighted by atomic mass is 10.1. The van der Waals surface area contributed by atoms with E-state index in [0.717, 1.165) is 5.56 Å². The van der Waals surface area contributed by atoms with Crippen molar-refractivity contribution in [1.82, 2.24) is 10.2 Å². The Morgan fingerprint density at radius 2 is 2.04 bits per heavy atom. The molecule has 3 rings (SSSR count). The predicted molar refractivity (Wildman–Crippen MR) is 80.9 cm³/mol. The average molecular weight is 336 g/mol. The molecule has 0 spiro atoms. The third-order valence-corrected chi connectivity index (χ3v) is 5.46. The first-order chi connectivity index (χ1) is 11.0. The van der Waals surface area contributed by atoms with E-state index < -0.39 is 15.8 Å². The highest BCUT2D eigenvalue weighted by molar-refractivity contribution is 7.91. The molecule has 1 saturated heterocycles. The second kappa shape index (κ2) is 6.49. The number of sulfone groups is 1. The second-order valence-electron chi connectivity index (χ2n) is 5.50. The molecule has 0 bridgehead atoms. The fourth-order valence-corrected chi connectivity index (χ4v) is 4.34. The van der Waals surface area contributed by atoms with Gasteiger partial charge < -0.3 is 9.15 Å². The van der Waals surface area contributed by atoms with Gasteiger partial charge in [-0.15, -0.1) is 10.2 Å². The molecule has 23 heavy (non-hydrogen) atoms. The molecule has 1 fully saturated rings. The van der Waals surface area contributed by atoms with Crippen molar-refractivity contribution >= 4 is 15.8 Å². The van der Waals surface area contributed by atoms with Crippen molar-refractivity contribution in [3.63, 3.8) is 0 Å². The Balaban J connectivity index is 1.51. The highest BCUT2D eigenvalue weighted by atomic mass is 32.2. The summed E-state index contributed by atoms with van der Waals surface area (Å²) in [4.78, 5) is 11.8. The van der Waals surface area contributed by atoms with Gasteiger partial charge in [0.15, 0.2) is 16.4 Å². The van der Waals surface area contributed by atoms with Crippen molar-refractivity contribution < 1.29 is 22.4 Å². The van der Waals surface area contributed by atoms with Gasteiger partial charge >= 0.3 is 5.97 Å². The Hall–Kier alpha value is -2.22. The Labute approximate surface area is 133 Å². The van der Waals surface area contributed by atoms with Crippen LogP contribution >= 0.6 is 0 Å².